The molecule has 1 rings (SSSR count). The van der Waals surface area contributed by atoms with Gasteiger partial charge in [-0.05, 0) is 64.2 Å². The standard InChI is InChI=1S/C19H36O2/c1-16(2)9-7-10-17(3)11-8-12-18(4)15-21-19-13-5-6-14-20-19/h9,17-19H,5-8,10-15H2,1-4H3/t17-,18+,19?/m1/s1. The largest absolute Gasteiger partial charge is 0.353 e. The number of hydrogen-bond acceptors (Lipinski definition) is 2. The Labute approximate surface area is 132 Å². The molecule has 1 aliphatic heterocycles. The van der Waals surface area contributed by atoms with Crippen LogP contribution in [0.5, 0.6) is 0 Å². The summed E-state index contributed by atoms with van der Waals surface area (Å²) in [5.74, 6) is 1.50. The molecule has 0 saturated carbocycles. The van der Waals surface area contributed by atoms with Crippen molar-refractivity contribution >= 4 is 0 Å². The Morgan fingerprint density at radius 1 is 1.14 bits per heavy atom. The minimum Gasteiger partial charge on any atom is -0.353 e. The second-order valence-electron chi connectivity index (χ2n) is 7.13. The molecule has 1 unspecified atom stereocenters. The Morgan fingerprint density at radius 3 is 2.57 bits per heavy atom. The van der Waals surface area contributed by atoms with Crippen molar-refractivity contribution in [3.63, 3.8) is 0 Å². The third-order valence-electron chi connectivity index (χ3n) is 4.31. The van der Waals surface area contributed by atoms with Crippen molar-refractivity contribution in [1.29, 1.82) is 0 Å². The highest BCUT2D eigenvalue weighted by Crippen LogP contribution is 2.19. The molecule has 0 bridgehead atoms. The second-order valence-corrected chi connectivity index (χ2v) is 7.13. The first-order chi connectivity index (χ1) is 10.1. The summed E-state index contributed by atoms with van der Waals surface area (Å²) in [6, 6.07) is 0. The van der Waals surface area contributed by atoms with E-state index >= 15 is 0 Å². The van der Waals surface area contributed by atoms with E-state index in [1.165, 1.54) is 50.5 Å². The topological polar surface area (TPSA) is 18.5 Å². The molecule has 2 heteroatoms. The fraction of sp³-hybridized carbons (Fsp3) is 0.895. The molecule has 0 N–H and O–H groups in total. The van der Waals surface area contributed by atoms with Gasteiger partial charge in [-0.1, -0.05) is 38.3 Å². The molecule has 1 heterocycles. The Kier molecular flexibility index (Phi) is 10.0. The van der Waals surface area contributed by atoms with E-state index in [1.54, 1.807) is 0 Å². The van der Waals surface area contributed by atoms with Gasteiger partial charge < -0.3 is 9.47 Å². The SMILES string of the molecule is CC(C)=CCC[C@@H](C)CCC[C@H](C)COC1CCCCO1. The zero-order chi connectivity index (χ0) is 15.5. The lowest BCUT2D eigenvalue weighted by Gasteiger charge is -2.24. The molecule has 124 valence electrons. The predicted molar refractivity (Wildman–Crippen MR) is 90.4 cm³/mol. The summed E-state index contributed by atoms with van der Waals surface area (Å²) in [5.41, 5.74) is 1.44. The van der Waals surface area contributed by atoms with Crippen molar-refractivity contribution in [2.45, 2.75) is 85.4 Å². The predicted octanol–water partition coefficient (Wildman–Crippen LogP) is 5.72. The normalized spacial score (nSPS) is 21.8. The fourth-order valence-electron chi connectivity index (χ4n) is 2.81. The number of ether oxygens (including phenoxy) is 2. The first-order valence-electron chi connectivity index (χ1n) is 8.94. The molecule has 0 amide bonds. The molecule has 2 nitrogen and oxygen atoms in total. The van der Waals surface area contributed by atoms with E-state index < -0.39 is 0 Å². The summed E-state index contributed by atoms with van der Waals surface area (Å²) in [6.45, 7) is 10.8. The molecule has 1 fully saturated rings. The number of allylic oxidation sites excluding steroid dienone is 2. The highest BCUT2D eigenvalue weighted by molar-refractivity contribution is 4.92. The highest BCUT2D eigenvalue weighted by atomic mass is 16.7. The van der Waals surface area contributed by atoms with Crippen LogP contribution in [0.25, 0.3) is 0 Å². The van der Waals surface area contributed by atoms with Crippen LogP contribution in [0.4, 0.5) is 0 Å². The van der Waals surface area contributed by atoms with E-state index in [0.29, 0.717) is 5.92 Å². The summed E-state index contributed by atoms with van der Waals surface area (Å²) in [4.78, 5) is 0. The lowest BCUT2D eigenvalue weighted by Crippen LogP contribution is -2.24. The van der Waals surface area contributed by atoms with Crippen LogP contribution in [0.2, 0.25) is 0 Å². The van der Waals surface area contributed by atoms with Gasteiger partial charge in [-0.2, -0.15) is 0 Å². The number of hydrogen-bond donors (Lipinski definition) is 0. The van der Waals surface area contributed by atoms with Gasteiger partial charge in [0.1, 0.15) is 0 Å². The van der Waals surface area contributed by atoms with E-state index in [4.69, 9.17) is 9.47 Å². The minimum absolute atomic E-state index is 0.0733. The van der Waals surface area contributed by atoms with Gasteiger partial charge in [-0.25, -0.2) is 0 Å². The maximum absolute atomic E-state index is 5.86. The van der Waals surface area contributed by atoms with Crippen molar-refractivity contribution in [2.75, 3.05) is 13.2 Å². The third kappa shape index (κ3) is 10.1. The summed E-state index contributed by atoms with van der Waals surface area (Å²) < 4.78 is 11.5. The lowest BCUT2D eigenvalue weighted by molar-refractivity contribution is -0.168. The van der Waals surface area contributed by atoms with E-state index in [-0.39, 0.29) is 6.29 Å². The fourth-order valence-corrected chi connectivity index (χ4v) is 2.81. The van der Waals surface area contributed by atoms with Gasteiger partial charge in [0.05, 0.1) is 6.61 Å². The van der Waals surface area contributed by atoms with Gasteiger partial charge in [0.15, 0.2) is 6.29 Å². The zero-order valence-electron chi connectivity index (χ0n) is 14.7. The van der Waals surface area contributed by atoms with Gasteiger partial charge >= 0.3 is 0 Å². The Hall–Kier alpha value is -0.340. The van der Waals surface area contributed by atoms with E-state index in [9.17, 15) is 0 Å². The lowest BCUT2D eigenvalue weighted by atomic mass is 9.95. The highest BCUT2D eigenvalue weighted by Gasteiger charge is 2.15. The minimum atomic E-state index is 0.0733. The first-order valence-corrected chi connectivity index (χ1v) is 8.94. The molecule has 0 radical (unpaired) electrons. The van der Waals surface area contributed by atoms with Gasteiger partial charge in [-0.15, -0.1) is 0 Å². The summed E-state index contributed by atoms with van der Waals surface area (Å²) >= 11 is 0. The first kappa shape index (κ1) is 18.7. The van der Waals surface area contributed by atoms with E-state index in [1.807, 2.05) is 0 Å². The maximum atomic E-state index is 5.86. The van der Waals surface area contributed by atoms with Crippen molar-refractivity contribution in [3.05, 3.63) is 11.6 Å². The smallest absolute Gasteiger partial charge is 0.157 e. The third-order valence-corrected chi connectivity index (χ3v) is 4.31. The zero-order valence-corrected chi connectivity index (χ0v) is 14.7. The molecule has 21 heavy (non-hydrogen) atoms. The van der Waals surface area contributed by atoms with E-state index in [0.717, 1.165) is 25.6 Å². The Bertz CT molecular complexity index is 275. The summed E-state index contributed by atoms with van der Waals surface area (Å²) in [6.07, 6.45) is 12.5. The van der Waals surface area contributed by atoms with Gasteiger partial charge in [0, 0.05) is 6.61 Å². The van der Waals surface area contributed by atoms with Crippen LogP contribution in [0.15, 0.2) is 11.6 Å². The molecule has 3 atom stereocenters. The summed E-state index contributed by atoms with van der Waals surface area (Å²) in [5, 5.41) is 0. The Morgan fingerprint density at radius 2 is 1.90 bits per heavy atom. The monoisotopic (exact) mass is 296 g/mol. The Balaban J connectivity index is 1.99. The number of rotatable bonds is 10. The van der Waals surface area contributed by atoms with Crippen LogP contribution >= 0.6 is 0 Å². The second kappa shape index (κ2) is 11.3. The average molecular weight is 296 g/mol. The molecular weight excluding hydrogens is 260 g/mol. The van der Waals surface area contributed by atoms with Crippen LogP contribution in [0, 0.1) is 11.8 Å². The molecule has 0 aliphatic carbocycles. The maximum Gasteiger partial charge on any atom is 0.157 e. The van der Waals surface area contributed by atoms with Gasteiger partial charge in [0.25, 0.3) is 0 Å². The van der Waals surface area contributed by atoms with Crippen molar-refractivity contribution < 1.29 is 9.47 Å². The molecule has 0 aromatic heterocycles. The van der Waals surface area contributed by atoms with Crippen molar-refractivity contribution in [3.8, 4) is 0 Å². The molecule has 1 aliphatic rings. The van der Waals surface area contributed by atoms with Crippen LogP contribution in [0.3, 0.4) is 0 Å². The van der Waals surface area contributed by atoms with Gasteiger partial charge in [0.2, 0.25) is 0 Å². The molecule has 0 aromatic rings. The van der Waals surface area contributed by atoms with Crippen molar-refractivity contribution in [2.24, 2.45) is 11.8 Å². The molecular formula is C19H36O2. The van der Waals surface area contributed by atoms with Crippen LogP contribution < -0.4 is 0 Å². The molecule has 1 saturated heterocycles. The molecule has 0 aromatic carbocycles. The van der Waals surface area contributed by atoms with E-state index in [2.05, 4.69) is 33.8 Å². The average Bonchev–Trinajstić information content (AvgIpc) is 2.46. The van der Waals surface area contributed by atoms with Gasteiger partial charge in [-0.3, -0.25) is 0 Å². The van der Waals surface area contributed by atoms with Crippen LogP contribution in [0.1, 0.15) is 79.1 Å². The quantitative estimate of drug-likeness (QED) is 0.480. The van der Waals surface area contributed by atoms with Crippen molar-refractivity contribution in [1.82, 2.24) is 0 Å². The van der Waals surface area contributed by atoms with Crippen LogP contribution in [-0.4, -0.2) is 19.5 Å². The molecule has 0 spiro atoms. The summed E-state index contributed by atoms with van der Waals surface area (Å²) in [7, 11) is 0. The van der Waals surface area contributed by atoms with Crippen LogP contribution in [-0.2, 0) is 9.47 Å².